The monoisotopic (exact) mass is 232 g/mol. The lowest BCUT2D eigenvalue weighted by atomic mass is 10.2. The Morgan fingerprint density at radius 1 is 1.25 bits per heavy atom. The molecular formula is C12H12N2OS. The van der Waals surface area contributed by atoms with E-state index < -0.39 is 0 Å². The second-order valence-electron chi connectivity index (χ2n) is 3.37. The van der Waals surface area contributed by atoms with Crippen LogP contribution in [0.5, 0.6) is 0 Å². The van der Waals surface area contributed by atoms with Crippen molar-refractivity contribution in [2.45, 2.75) is 11.7 Å². The highest BCUT2D eigenvalue weighted by Crippen LogP contribution is 2.11. The lowest BCUT2D eigenvalue weighted by Crippen LogP contribution is -2.13. The van der Waals surface area contributed by atoms with Crippen LogP contribution in [0.2, 0.25) is 0 Å². The maximum atomic E-state index is 11.1. The molecule has 1 heterocycles. The zero-order valence-electron chi connectivity index (χ0n) is 8.96. The molecule has 0 N–H and O–H groups in total. The van der Waals surface area contributed by atoms with E-state index >= 15 is 0 Å². The Morgan fingerprint density at radius 3 is 2.69 bits per heavy atom. The number of thioether (sulfide) groups is 1. The SMILES string of the molecule is CSc1nc(=O)ccn1Cc1ccccc1. The van der Waals surface area contributed by atoms with Crippen LogP contribution in [-0.4, -0.2) is 15.8 Å². The fourth-order valence-electron chi connectivity index (χ4n) is 1.48. The molecule has 0 spiro atoms. The van der Waals surface area contributed by atoms with Gasteiger partial charge in [-0.25, -0.2) is 0 Å². The largest absolute Gasteiger partial charge is 0.323 e. The maximum Gasteiger partial charge on any atom is 0.273 e. The van der Waals surface area contributed by atoms with E-state index in [0.29, 0.717) is 0 Å². The molecule has 0 unspecified atom stereocenters. The molecule has 82 valence electrons. The van der Waals surface area contributed by atoms with Gasteiger partial charge >= 0.3 is 0 Å². The van der Waals surface area contributed by atoms with Gasteiger partial charge in [-0.15, -0.1) is 0 Å². The Labute approximate surface area is 98.2 Å². The first-order valence-electron chi connectivity index (χ1n) is 4.95. The number of aromatic nitrogens is 2. The predicted octanol–water partition coefficient (Wildman–Crippen LogP) is 2.01. The second-order valence-corrected chi connectivity index (χ2v) is 4.14. The van der Waals surface area contributed by atoms with Crippen molar-refractivity contribution < 1.29 is 0 Å². The van der Waals surface area contributed by atoms with Crippen molar-refractivity contribution in [3.8, 4) is 0 Å². The summed E-state index contributed by atoms with van der Waals surface area (Å²) in [6, 6.07) is 11.6. The summed E-state index contributed by atoms with van der Waals surface area (Å²) >= 11 is 1.48. The molecule has 16 heavy (non-hydrogen) atoms. The summed E-state index contributed by atoms with van der Waals surface area (Å²) in [5.74, 6) is 0. The van der Waals surface area contributed by atoms with E-state index in [4.69, 9.17) is 0 Å². The Morgan fingerprint density at radius 2 is 2.00 bits per heavy atom. The molecule has 0 radical (unpaired) electrons. The average Bonchev–Trinajstić information content (AvgIpc) is 2.33. The van der Waals surface area contributed by atoms with Gasteiger partial charge in [0.15, 0.2) is 5.16 Å². The van der Waals surface area contributed by atoms with E-state index in [1.807, 2.05) is 29.0 Å². The molecular weight excluding hydrogens is 220 g/mol. The summed E-state index contributed by atoms with van der Waals surface area (Å²) in [6.07, 6.45) is 3.71. The van der Waals surface area contributed by atoms with Crippen LogP contribution < -0.4 is 5.56 Å². The minimum atomic E-state index is -0.186. The van der Waals surface area contributed by atoms with Gasteiger partial charge < -0.3 is 4.57 Å². The first-order chi connectivity index (χ1) is 7.79. The van der Waals surface area contributed by atoms with Gasteiger partial charge in [0.05, 0.1) is 0 Å². The minimum Gasteiger partial charge on any atom is -0.323 e. The highest BCUT2D eigenvalue weighted by atomic mass is 32.2. The third-order valence-corrected chi connectivity index (χ3v) is 2.92. The summed E-state index contributed by atoms with van der Waals surface area (Å²) in [5.41, 5.74) is 1.01. The highest BCUT2D eigenvalue weighted by Gasteiger charge is 2.01. The second kappa shape index (κ2) is 4.99. The quantitative estimate of drug-likeness (QED) is 0.600. The molecule has 2 rings (SSSR count). The van der Waals surface area contributed by atoms with E-state index in [9.17, 15) is 4.79 Å². The van der Waals surface area contributed by atoms with Crippen LogP contribution in [0.3, 0.4) is 0 Å². The van der Waals surface area contributed by atoms with Gasteiger partial charge in [-0.2, -0.15) is 4.98 Å². The Kier molecular flexibility index (Phi) is 3.41. The fourth-order valence-corrected chi connectivity index (χ4v) is 2.02. The molecule has 0 amide bonds. The van der Waals surface area contributed by atoms with E-state index in [1.165, 1.54) is 23.4 Å². The number of hydrogen-bond donors (Lipinski definition) is 0. The van der Waals surface area contributed by atoms with E-state index in [0.717, 1.165) is 11.7 Å². The Balaban J connectivity index is 2.31. The van der Waals surface area contributed by atoms with Gasteiger partial charge in [0.2, 0.25) is 0 Å². The van der Waals surface area contributed by atoms with Gasteiger partial charge in [-0.1, -0.05) is 42.1 Å². The molecule has 0 atom stereocenters. The van der Waals surface area contributed by atoms with E-state index in [2.05, 4.69) is 17.1 Å². The molecule has 1 aromatic heterocycles. The van der Waals surface area contributed by atoms with Crippen LogP contribution in [0.4, 0.5) is 0 Å². The number of nitrogens with zero attached hydrogens (tertiary/aromatic N) is 2. The molecule has 0 saturated heterocycles. The first kappa shape index (κ1) is 11.0. The number of rotatable bonds is 3. The number of benzene rings is 1. The standard InChI is InChI=1S/C12H12N2OS/c1-16-12-13-11(15)7-8-14(12)9-10-5-3-2-4-6-10/h2-8H,9H2,1H3. The molecule has 2 aromatic rings. The first-order valence-corrected chi connectivity index (χ1v) is 6.17. The lowest BCUT2D eigenvalue weighted by Gasteiger charge is -2.09. The molecule has 1 aromatic carbocycles. The molecule has 3 nitrogen and oxygen atoms in total. The summed E-state index contributed by atoms with van der Waals surface area (Å²) in [5, 5.41) is 0.747. The Bertz CT molecular complexity index is 522. The molecule has 0 aliphatic rings. The van der Waals surface area contributed by atoms with Crippen LogP contribution >= 0.6 is 11.8 Å². The third kappa shape index (κ3) is 2.52. The highest BCUT2D eigenvalue weighted by molar-refractivity contribution is 7.98. The molecule has 0 aliphatic carbocycles. The van der Waals surface area contributed by atoms with Crippen molar-refractivity contribution in [3.63, 3.8) is 0 Å². The van der Waals surface area contributed by atoms with Gasteiger partial charge in [0.1, 0.15) is 0 Å². The van der Waals surface area contributed by atoms with E-state index in [-0.39, 0.29) is 5.56 Å². The van der Waals surface area contributed by atoms with Gasteiger partial charge in [0.25, 0.3) is 5.56 Å². The van der Waals surface area contributed by atoms with Gasteiger partial charge in [0, 0.05) is 18.8 Å². The van der Waals surface area contributed by atoms with Crippen molar-refractivity contribution in [1.29, 1.82) is 0 Å². The Hall–Kier alpha value is -1.55. The fraction of sp³-hybridized carbons (Fsp3) is 0.167. The molecule has 4 heteroatoms. The minimum absolute atomic E-state index is 0.186. The van der Waals surface area contributed by atoms with Crippen molar-refractivity contribution >= 4 is 11.8 Å². The van der Waals surface area contributed by atoms with Crippen LogP contribution in [-0.2, 0) is 6.54 Å². The topological polar surface area (TPSA) is 34.9 Å². The van der Waals surface area contributed by atoms with Crippen LogP contribution in [0.15, 0.2) is 52.5 Å². The zero-order chi connectivity index (χ0) is 11.4. The van der Waals surface area contributed by atoms with Crippen molar-refractivity contribution in [2.75, 3.05) is 6.26 Å². The normalized spacial score (nSPS) is 10.3. The third-order valence-electron chi connectivity index (χ3n) is 2.23. The summed E-state index contributed by atoms with van der Waals surface area (Å²) < 4.78 is 1.97. The average molecular weight is 232 g/mol. The zero-order valence-corrected chi connectivity index (χ0v) is 9.78. The van der Waals surface area contributed by atoms with Crippen molar-refractivity contribution in [1.82, 2.24) is 9.55 Å². The van der Waals surface area contributed by atoms with Crippen LogP contribution in [0.25, 0.3) is 0 Å². The van der Waals surface area contributed by atoms with E-state index in [1.54, 1.807) is 6.20 Å². The molecule has 0 saturated carbocycles. The van der Waals surface area contributed by atoms with Gasteiger partial charge in [-0.3, -0.25) is 4.79 Å². The van der Waals surface area contributed by atoms with Crippen molar-refractivity contribution in [3.05, 3.63) is 58.5 Å². The van der Waals surface area contributed by atoms with Crippen molar-refractivity contribution in [2.24, 2.45) is 0 Å². The smallest absolute Gasteiger partial charge is 0.273 e. The molecule has 0 aliphatic heterocycles. The summed E-state index contributed by atoms with van der Waals surface area (Å²) in [6.45, 7) is 0.740. The van der Waals surface area contributed by atoms with Crippen LogP contribution in [0.1, 0.15) is 5.56 Å². The summed E-state index contributed by atoms with van der Waals surface area (Å²) in [4.78, 5) is 15.1. The molecule has 0 fully saturated rings. The van der Waals surface area contributed by atoms with Gasteiger partial charge in [-0.05, 0) is 11.8 Å². The number of hydrogen-bond acceptors (Lipinski definition) is 3. The van der Waals surface area contributed by atoms with Crippen LogP contribution in [0, 0.1) is 0 Å². The lowest BCUT2D eigenvalue weighted by molar-refractivity contribution is 0.664. The maximum absolute atomic E-state index is 11.1. The molecule has 0 bridgehead atoms. The predicted molar refractivity (Wildman–Crippen MR) is 65.8 cm³/mol. The summed E-state index contributed by atoms with van der Waals surface area (Å²) in [7, 11) is 0.